The summed E-state index contributed by atoms with van der Waals surface area (Å²) in [5, 5.41) is 0. The summed E-state index contributed by atoms with van der Waals surface area (Å²) >= 11 is 0. The van der Waals surface area contributed by atoms with Gasteiger partial charge in [-0.3, -0.25) is 4.79 Å². The van der Waals surface area contributed by atoms with E-state index in [-0.39, 0.29) is 12.1 Å². The Balaban J connectivity index is 2.20. The van der Waals surface area contributed by atoms with Crippen LogP contribution in [0, 0.1) is 11.8 Å². The second-order valence-electron chi connectivity index (χ2n) is 5.12. The largest absolute Gasteiger partial charge is 0.462 e. The fourth-order valence-corrected chi connectivity index (χ4v) is 2.42. The summed E-state index contributed by atoms with van der Waals surface area (Å²) < 4.78 is 5.35. The molecule has 0 bridgehead atoms. The van der Waals surface area contributed by atoms with Gasteiger partial charge in [0.2, 0.25) is 0 Å². The van der Waals surface area contributed by atoms with Crippen molar-refractivity contribution in [3.05, 3.63) is 0 Å². The van der Waals surface area contributed by atoms with Gasteiger partial charge in [-0.05, 0) is 43.9 Å². The van der Waals surface area contributed by atoms with Crippen LogP contribution < -0.4 is 0 Å². The molecule has 0 spiro atoms. The molecule has 1 rings (SSSR count). The molecule has 15 heavy (non-hydrogen) atoms. The van der Waals surface area contributed by atoms with Crippen LogP contribution in [0.3, 0.4) is 0 Å². The summed E-state index contributed by atoms with van der Waals surface area (Å²) in [6.45, 7) is 6.42. The van der Waals surface area contributed by atoms with Crippen LogP contribution in [0.15, 0.2) is 0 Å². The highest BCUT2D eigenvalue weighted by Gasteiger charge is 2.23. The summed E-state index contributed by atoms with van der Waals surface area (Å²) in [6, 6.07) is 0. The van der Waals surface area contributed by atoms with Crippen molar-refractivity contribution in [2.24, 2.45) is 11.8 Å². The summed E-state index contributed by atoms with van der Waals surface area (Å²) in [4.78, 5) is 11.1. The predicted octanol–water partition coefficient (Wildman–Crippen LogP) is 3.54. The molecule has 0 atom stereocenters. The lowest BCUT2D eigenvalue weighted by atomic mass is 9.82. The topological polar surface area (TPSA) is 26.3 Å². The fourth-order valence-electron chi connectivity index (χ4n) is 2.42. The Morgan fingerprint density at radius 3 is 2.33 bits per heavy atom. The lowest BCUT2D eigenvalue weighted by molar-refractivity contribution is -0.150. The lowest BCUT2D eigenvalue weighted by Gasteiger charge is -2.29. The number of esters is 1. The van der Waals surface area contributed by atoms with Gasteiger partial charge in [-0.15, -0.1) is 0 Å². The molecular weight excluding hydrogens is 188 g/mol. The van der Waals surface area contributed by atoms with Crippen LogP contribution in [-0.4, -0.2) is 12.1 Å². The maximum absolute atomic E-state index is 11.1. The predicted molar refractivity (Wildman–Crippen MR) is 61.6 cm³/mol. The molecule has 1 fully saturated rings. The molecule has 2 nitrogen and oxygen atoms in total. The van der Waals surface area contributed by atoms with E-state index < -0.39 is 0 Å². The SMILES string of the molecule is CCC(=O)OC1CCC(CC(C)C)CC1. The molecule has 0 aromatic carbocycles. The van der Waals surface area contributed by atoms with E-state index in [2.05, 4.69) is 13.8 Å². The van der Waals surface area contributed by atoms with Gasteiger partial charge < -0.3 is 4.74 Å². The van der Waals surface area contributed by atoms with Crippen LogP contribution in [0.2, 0.25) is 0 Å². The highest BCUT2D eigenvalue weighted by molar-refractivity contribution is 5.69. The molecule has 0 aromatic heterocycles. The minimum atomic E-state index is -0.0395. The standard InChI is InChI=1S/C13H24O2/c1-4-13(14)15-12-7-5-11(6-8-12)9-10(2)3/h10-12H,4-9H2,1-3H3. The molecule has 0 amide bonds. The second-order valence-corrected chi connectivity index (χ2v) is 5.12. The van der Waals surface area contributed by atoms with Crippen molar-refractivity contribution in [3.63, 3.8) is 0 Å². The molecular formula is C13H24O2. The second kappa shape index (κ2) is 6.14. The fraction of sp³-hybridized carbons (Fsp3) is 0.923. The van der Waals surface area contributed by atoms with Crippen molar-refractivity contribution in [3.8, 4) is 0 Å². The Labute approximate surface area is 93.4 Å². The number of hydrogen-bond donors (Lipinski definition) is 0. The first-order chi connectivity index (χ1) is 7.11. The molecule has 0 radical (unpaired) electrons. The summed E-state index contributed by atoms with van der Waals surface area (Å²) in [7, 11) is 0. The number of ether oxygens (including phenoxy) is 1. The van der Waals surface area contributed by atoms with Gasteiger partial charge in [0.1, 0.15) is 6.10 Å². The first-order valence-corrected chi connectivity index (χ1v) is 6.31. The van der Waals surface area contributed by atoms with Crippen LogP contribution in [0.1, 0.15) is 59.3 Å². The van der Waals surface area contributed by atoms with Gasteiger partial charge >= 0.3 is 5.97 Å². The summed E-state index contributed by atoms with van der Waals surface area (Å²) in [6.07, 6.45) is 6.66. The maximum Gasteiger partial charge on any atom is 0.305 e. The third-order valence-electron chi connectivity index (χ3n) is 3.19. The molecule has 88 valence electrons. The maximum atomic E-state index is 11.1. The third kappa shape index (κ3) is 4.67. The van der Waals surface area contributed by atoms with E-state index >= 15 is 0 Å². The number of carbonyl (C=O) groups excluding carboxylic acids is 1. The van der Waals surface area contributed by atoms with E-state index in [1.807, 2.05) is 6.92 Å². The Bertz CT molecular complexity index is 191. The van der Waals surface area contributed by atoms with Gasteiger partial charge in [0.25, 0.3) is 0 Å². The van der Waals surface area contributed by atoms with E-state index in [1.165, 1.54) is 19.3 Å². The van der Waals surface area contributed by atoms with E-state index in [1.54, 1.807) is 0 Å². The first kappa shape index (κ1) is 12.5. The average Bonchev–Trinajstić information content (AvgIpc) is 2.20. The van der Waals surface area contributed by atoms with Crippen molar-refractivity contribution < 1.29 is 9.53 Å². The average molecular weight is 212 g/mol. The van der Waals surface area contributed by atoms with Crippen molar-refractivity contribution >= 4 is 5.97 Å². The smallest absolute Gasteiger partial charge is 0.305 e. The van der Waals surface area contributed by atoms with Crippen molar-refractivity contribution in [2.45, 2.75) is 65.4 Å². The van der Waals surface area contributed by atoms with Crippen molar-refractivity contribution in [2.75, 3.05) is 0 Å². The molecule has 1 saturated carbocycles. The van der Waals surface area contributed by atoms with Gasteiger partial charge in [-0.2, -0.15) is 0 Å². The molecule has 1 aliphatic rings. The van der Waals surface area contributed by atoms with Crippen LogP contribution >= 0.6 is 0 Å². The van der Waals surface area contributed by atoms with E-state index in [4.69, 9.17) is 4.74 Å². The van der Waals surface area contributed by atoms with Crippen molar-refractivity contribution in [1.82, 2.24) is 0 Å². The molecule has 0 aromatic rings. The van der Waals surface area contributed by atoms with Crippen molar-refractivity contribution in [1.29, 1.82) is 0 Å². The zero-order valence-corrected chi connectivity index (χ0v) is 10.3. The summed E-state index contributed by atoms with van der Waals surface area (Å²) in [5.74, 6) is 1.62. The summed E-state index contributed by atoms with van der Waals surface area (Å²) in [5.41, 5.74) is 0. The van der Waals surface area contributed by atoms with E-state index in [0.29, 0.717) is 6.42 Å². The highest BCUT2D eigenvalue weighted by Crippen LogP contribution is 2.30. The van der Waals surface area contributed by atoms with Crippen LogP contribution in [-0.2, 0) is 9.53 Å². The zero-order chi connectivity index (χ0) is 11.3. The molecule has 0 heterocycles. The molecule has 0 aliphatic heterocycles. The lowest BCUT2D eigenvalue weighted by Crippen LogP contribution is -2.24. The van der Waals surface area contributed by atoms with Gasteiger partial charge in [-0.25, -0.2) is 0 Å². The van der Waals surface area contributed by atoms with E-state index in [9.17, 15) is 4.79 Å². The molecule has 0 unspecified atom stereocenters. The molecule has 2 heteroatoms. The van der Waals surface area contributed by atoms with Crippen LogP contribution in [0.5, 0.6) is 0 Å². The number of carbonyl (C=O) groups is 1. The minimum Gasteiger partial charge on any atom is -0.462 e. The Kier molecular flexibility index (Phi) is 5.13. The Morgan fingerprint density at radius 2 is 1.87 bits per heavy atom. The normalized spacial score (nSPS) is 26.7. The third-order valence-corrected chi connectivity index (χ3v) is 3.19. The molecule has 1 aliphatic carbocycles. The Hall–Kier alpha value is -0.530. The van der Waals surface area contributed by atoms with Gasteiger partial charge in [0.05, 0.1) is 0 Å². The van der Waals surface area contributed by atoms with Crippen LogP contribution in [0.4, 0.5) is 0 Å². The monoisotopic (exact) mass is 212 g/mol. The van der Waals surface area contributed by atoms with Crippen LogP contribution in [0.25, 0.3) is 0 Å². The quantitative estimate of drug-likeness (QED) is 0.666. The van der Waals surface area contributed by atoms with Gasteiger partial charge in [0, 0.05) is 6.42 Å². The number of hydrogen-bond acceptors (Lipinski definition) is 2. The van der Waals surface area contributed by atoms with Gasteiger partial charge in [-0.1, -0.05) is 20.8 Å². The highest BCUT2D eigenvalue weighted by atomic mass is 16.5. The zero-order valence-electron chi connectivity index (χ0n) is 10.3. The Morgan fingerprint density at radius 1 is 1.27 bits per heavy atom. The first-order valence-electron chi connectivity index (χ1n) is 6.31. The molecule has 0 saturated heterocycles. The van der Waals surface area contributed by atoms with E-state index in [0.717, 1.165) is 24.7 Å². The molecule has 0 N–H and O–H groups in total. The number of rotatable bonds is 4. The van der Waals surface area contributed by atoms with Gasteiger partial charge in [0.15, 0.2) is 0 Å². The minimum absolute atomic E-state index is 0.0395.